The highest BCUT2D eigenvalue weighted by Gasteiger charge is 2.36. The van der Waals surface area contributed by atoms with E-state index in [1.54, 1.807) is 0 Å². The van der Waals surface area contributed by atoms with Gasteiger partial charge in [0.15, 0.2) is 52.4 Å². The van der Waals surface area contributed by atoms with Crippen molar-refractivity contribution in [1.29, 1.82) is 0 Å². The maximum Gasteiger partial charge on any atom is 0.164 e. The average molecular weight is 1860 g/mol. The van der Waals surface area contributed by atoms with E-state index < -0.39 is 0 Å². The van der Waals surface area contributed by atoms with E-state index in [2.05, 4.69) is 414 Å². The summed E-state index contributed by atoms with van der Waals surface area (Å²) in [7, 11) is 0. The number of aromatic nitrogens is 9. The second kappa shape index (κ2) is 33.6. The van der Waals surface area contributed by atoms with Crippen LogP contribution < -0.4 is 0 Å². The zero-order valence-corrected chi connectivity index (χ0v) is 79.3. The predicted octanol–water partition coefficient (Wildman–Crippen LogP) is 35.5. The van der Waals surface area contributed by atoms with E-state index in [1.165, 1.54) is 181 Å². The first-order valence-corrected chi connectivity index (χ1v) is 50.1. The minimum atomic E-state index is -0.118. The van der Waals surface area contributed by atoms with Crippen molar-refractivity contribution in [1.82, 2.24) is 44.9 Å². The van der Waals surface area contributed by atoms with Gasteiger partial charge in [0.2, 0.25) is 0 Å². The quantitative estimate of drug-likeness (QED) is 0.130. The molecule has 30 rings (SSSR count). The first-order chi connectivity index (χ1) is 70.6. The first kappa shape index (κ1) is 83.1. The Bertz CT molecular complexity index is 10300. The Kier molecular flexibility index (Phi) is 19.5. The highest BCUT2D eigenvalue weighted by molar-refractivity contribution is 7.26. The van der Waals surface area contributed by atoms with E-state index in [4.69, 9.17) is 44.9 Å². The Morgan fingerprint density at radius 1 is 0.140 bits per heavy atom. The molecular formula is C132H81N9S2. The van der Waals surface area contributed by atoms with Gasteiger partial charge in [-0.2, -0.15) is 0 Å². The van der Waals surface area contributed by atoms with Crippen LogP contribution in [0.4, 0.5) is 0 Å². The van der Waals surface area contributed by atoms with Gasteiger partial charge in [0.1, 0.15) is 0 Å². The Morgan fingerprint density at radius 2 is 0.385 bits per heavy atom. The van der Waals surface area contributed by atoms with Gasteiger partial charge in [0.05, 0.1) is 0 Å². The Morgan fingerprint density at radius 3 is 0.790 bits per heavy atom. The third-order valence-electron chi connectivity index (χ3n) is 29.2. The molecule has 0 spiro atoms. The minimum absolute atomic E-state index is 0.118. The molecule has 0 saturated heterocycles. The molecule has 0 fully saturated rings. The van der Waals surface area contributed by atoms with Gasteiger partial charge in [-0.25, -0.2) is 44.9 Å². The Balaban J connectivity index is 0.000000105. The molecule has 9 nitrogen and oxygen atoms in total. The maximum atomic E-state index is 5.21. The smallest absolute Gasteiger partial charge is 0.164 e. The number of thiophene rings is 2. The van der Waals surface area contributed by atoms with Crippen LogP contribution in [0.5, 0.6) is 0 Å². The summed E-state index contributed by atoms with van der Waals surface area (Å²) in [4.78, 5) is 45.9. The van der Waals surface area contributed by atoms with E-state index in [0.717, 1.165) is 60.8 Å². The SMILES string of the molecule is CC1(C)c2ccccc2-c2ccc(-c3nc(-c4ccccc4)nc(-c4cccc5c4ccc4c5ccc5c6ccccc6ccc54)n3)cc21.c1ccc(-c2nc(-c3ccc4ccc5c(ccc6c7ccccc7ccc65)c4c3)nc(-c3ccc4sc5ccccc5c4c3)n2)cc1.c1ccc(-c2nc(-c3ccc4sc5ccccc5c4c3)nc(-c3cccc4c3ccc3c4ccc4c5ccccc5ccc43)n2)cc1. The lowest BCUT2D eigenvalue weighted by atomic mass is 9.82. The lowest BCUT2D eigenvalue weighted by molar-refractivity contribution is 0.660. The standard InChI is InChI=1S/C46H31N3.2C43H25N3S/c1-46(2)41-18-9-8-15-38(41)39-22-20-30(27-42(39)46)44-47-43(29-12-4-3-5-13-29)48-45(49-44)40-17-10-16-32-35-24-23-33-31-14-7-6-11-28(31)19-21-34(33)36(35)25-26-37(32)40;1-2-10-27(11-3-1)41-44-42(28-18-24-40-38(25-28)36-13-6-7-16-39(36)47-40)46-43(45-41)37-15-8-14-30-33-21-20-31-29-12-5-4-9-26(29)17-19-32(31)34(33)22-23-35(30)37;1-2-9-28(10-3-1)41-44-42(46-43(45-41)30-18-23-40-38(25-30)36-12-6-7-13-39(36)47-40)29-15-14-27-17-20-34-33-19-16-26-8-4-5-11-31(26)32(33)21-22-35(34)37(27)24-29/h3-27H,1-2H3;2*1-25H. The summed E-state index contributed by atoms with van der Waals surface area (Å²) >= 11 is 3.63. The van der Waals surface area contributed by atoms with Crippen molar-refractivity contribution in [2.45, 2.75) is 19.3 Å². The molecule has 0 aliphatic heterocycles. The monoisotopic (exact) mass is 1860 g/mol. The normalized spacial score (nSPS) is 12.3. The van der Waals surface area contributed by atoms with Crippen molar-refractivity contribution in [2.75, 3.05) is 0 Å². The molecule has 0 radical (unpaired) electrons. The summed E-state index contributed by atoms with van der Waals surface area (Å²) in [6.45, 7) is 4.61. The van der Waals surface area contributed by atoms with Crippen molar-refractivity contribution in [3.8, 4) is 114 Å². The van der Waals surface area contributed by atoms with Gasteiger partial charge >= 0.3 is 0 Å². The van der Waals surface area contributed by atoms with Gasteiger partial charge < -0.3 is 0 Å². The molecule has 1 aliphatic carbocycles. The predicted molar refractivity (Wildman–Crippen MR) is 602 cm³/mol. The van der Waals surface area contributed by atoms with Gasteiger partial charge in [0.25, 0.3) is 0 Å². The van der Waals surface area contributed by atoms with Crippen molar-refractivity contribution in [3.63, 3.8) is 0 Å². The van der Waals surface area contributed by atoms with Crippen LogP contribution in [-0.2, 0) is 5.41 Å². The third-order valence-corrected chi connectivity index (χ3v) is 31.5. The zero-order chi connectivity index (χ0) is 94.5. The van der Waals surface area contributed by atoms with Crippen LogP contribution in [0.1, 0.15) is 25.0 Å². The summed E-state index contributed by atoms with van der Waals surface area (Å²) < 4.78 is 5.08. The molecule has 0 saturated carbocycles. The number of hydrogen-bond donors (Lipinski definition) is 0. The fourth-order valence-electron chi connectivity index (χ4n) is 22.1. The largest absolute Gasteiger partial charge is 0.208 e. The molecule has 0 amide bonds. The minimum Gasteiger partial charge on any atom is -0.208 e. The van der Waals surface area contributed by atoms with Crippen LogP contribution in [0.3, 0.4) is 0 Å². The molecule has 29 aromatic rings. The van der Waals surface area contributed by atoms with E-state index in [1.807, 2.05) is 77.3 Å². The van der Waals surface area contributed by atoms with E-state index >= 15 is 0 Å². The topological polar surface area (TPSA) is 116 Å². The Labute approximate surface area is 829 Å². The van der Waals surface area contributed by atoms with E-state index in [0.29, 0.717) is 52.4 Å². The fraction of sp³-hybridized carbons (Fsp3) is 0.0227. The van der Waals surface area contributed by atoms with Crippen molar-refractivity contribution in [2.24, 2.45) is 0 Å². The lowest BCUT2D eigenvalue weighted by Crippen LogP contribution is -2.15. The van der Waals surface area contributed by atoms with Crippen LogP contribution in [0.15, 0.2) is 455 Å². The van der Waals surface area contributed by atoms with Crippen molar-refractivity contribution < 1.29 is 0 Å². The molecule has 143 heavy (non-hydrogen) atoms. The summed E-state index contributed by atoms with van der Waals surface area (Å²) in [5.74, 6) is 6.00. The van der Waals surface area contributed by atoms with Crippen molar-refractivity contribution >= 4 is 192 Å². The molecule has 24 aromatic carbocycles. The number of fused-ring (bicyclic) bond motifs is 30. The molecule has 11 heteroatoms. The van der Waals surface area contributed by atoms with Crippen LogP contribution >= 0.6 is 22.7 Å². The third kappa shape index (κ3) is 14.1. The van der Waals surface area contributed by atoms with Crippen LogP contribution in [-0.4, -0.2) is 44.9 Å². The molecule has 666 valence electrons. The van der Waals surface area contributed by atoms with Crippen LogP contribution in [0.25, 0.3) is 283 Å². The van der Waals surface area contributed by atoms with Crippen LogP contribution in [0.2, 0.25) is 0 Å². The molecule has 0 unspecified atom stereocenters. The first-order valence-electron chi connectivity index (χ1n) is 48.4. The molecule has 0 N–H and O–H groups in total. The summed E-state index contributed by atoms with van der Waals surface area (Å²) in [5.41, 5.74) is 13.9. The van der Waals surface area contributed by atoms with Gasteiger partial charge in [-0.1, -0.05) is 408 Å². The summed E-state index contributed by atoms with van der Waals surface area (Å²) in [6.07, 6.45) is 0. The molecule has 1 aliphatic rings. The number of nitrogens with zero attached hydrogens (tertiary/aromatic N) is 9. The van der Waals surface area contributed by atoms with E-state index in [9.17, 15) is 0 Å². The van der Waals surface area contributed by atoms with Crippen molar-refractivity contribution in [3.05, 3.63) is 466 Å². The summed E-state index contributed by atoms with van der Waals surface area (Å²) in [6, 6.07) is 162. The van der Waals surface area contributed by atoms with Gasteiger partial charge in [-0.05, 0) is 212 Å². The van der Waals surface area contributed by atoms with Gasteiger partial charge in [-0.3, -0.25) is 0 Å². The summed E-state index contributed by atoms with van der Waals surface area (Å²) in [5, 5.41) is 34.6. The second-order valence-electron chi connectivity index (χ2n) is 37.6. The second-order valence-corrected chi connectivity index (χ2v) is 39.8. The zero-order valence-electron chi connectivity index (χ0n) is 77.6. The maximum absolute atomic E-state index is 5.21. The lowest BCUT2D eigenvalue weighted by Gasteiger charge is -2.21. The number of rotatable bonds is 9. The Hall–Kier alpha value is -18.1. The average Bonchev–Trinajstić information content (AvgIpc) is 1.61. The highest BCUT2D eigenvalue weighted by atomic mass is 32.1. The van der Waals surface area contributed by atoms with Crippen LogP contribution in [0, 0.1) is 0 Å². The van der Waals surface area contributed by atoms with Gasteiger partial charge in [0, 0.05) is 95.8 Å². The molecular weight excluding hydrogens is 1780 g/mol. The number of benzene rings is 24. The van der Waals surface area contributed by atoms with Gasteiger partial charge in [-0.15, -0.1) is 22.7 Å². The molecule has 5 aromatic heterocycles. The highest BCUT2D eigenvalue weighted by Crippen LogP contribution is 2.51. The fourth-order valence-corrected chi connectivity index (χ4v) is 24.3. The number of hydrogen-bond acceptors (Lipinski definition) is 11. The molecule has 0 bridgehead atoms. The van der Waals surface area contributed by atoms with E-state index in [-0.39, 0.29) is 5.41 Å². The molecule has 5 heterocycles. The molecule has 0 atom stereocenters.